The molecule has 5 aromatic rings. The van der Waals surface area contributed by atoms with Crippen molar-refractivity contribution in [3.63, 3.8) is 0 Å². The minimum absolute atomic E-state index is 0.353. The zero-order valence-corrected chi connectivity index (χ0v) is 19.1. The Morgan fingerprint density at radius 2 is 1.85 bits per heavy atom. The molecule has 34 heavy (non-hydrogen) atoms. The fourth-order valence-corrected chi connectivity index (χ4v) is 4.35. The van der Waals surface area contributed by atoms with Crippen molar-refractivity contribution in [2.45, 2.75) is 13.2 Å². The Kier molecular flexibility index (Phi) is 5.02. The van der Waals surface area contributed by atoms with Gasteiger partial charge < -0.3 is 13.9 Å². The summed E-state index contributed by atoms with van der Waals surface area (Å²) in [5, 5.41) is 9.41. The van der Waals surface area contributed by atoms with E-state index in [1.165, 1.54) is 0 Å². The molecule has 6 rings (SSSR count). The number of rotatable bonds is 3. The first-order valence-corrected chi connectivity index (χ1v) is 11.1. The van der Waals surface area contributed by atoms with Gasteiger partial charge in [-0.1, -0.05) is 17.5 Å². The molecule has 8 heteroatoms. The highest BCUT2D eigenvalue weighted by Gasteiger charge is 2.25. The zero-order chi connectivity index (χ0) is 23.1. The minimum Gasteiger partial charge on any atom is -0.377 e. The Morgan fingerprint density at radius 1 is 1.03 bits per heavy atom. The number of ether oxygens (including phenoxy) is 1. The molecule has 0 fully saturated rings. The van der Waals surface area contributed by atoms with Crippen LogP contribution in [-0.2, 0) is 17.9 Å². The maximum Gasteiger partial charge on any atom is 0.166 e. The van der Waals surface area contributed by atoms with E-state index in [1.807, 2.05) is 59.4 Å². The molecule has 0 N–H and O–H groups in total. The summed E-state index contributed by atoms with van der Waals surface area (Å²) in [6.45, 7) is 0.871. The lowest BCUT2D eigenvalue weighted by molar-refractivity contribution is 0.174. The van der Waals surface area contributed by atoms with E-state index in [9.17, 15) is 0 Å². The van der Waals surface area contributed by atoms with Gasteiger partial charge in [-0.05, 0) is 60.5 Å². The topological polar surface area (TPSA) is 62.7 Å². The van der Waals surface area contributed by atoms with E-state index in [2.05, 4.69) is 48.3 Å². The number of fused-ring (bicyclic) bond motifs is 5. The summed E-state index contributed by atoms with van der Waals surface area (Å²) < 4.78 is 11.5. The maximum absolute atomic E-state index is 6.33. The average Bonchev–Trinajstić information content (AvgIpc) is 3.59. The molecule has 7 nitrogen and oxygen atoms in total. The highest BCUT2D eigenvalue weighted by molar-refractivity contribution is 6.31. The molecule has 1 aliphatic heterocycles. The summed E-state index contributed by atoms with van der Waals surface area (Å²) in [5.74, 6) is 8.00. The van der Waals surface area contributed by atoms with Crippen molar-refractivity contribution in [3.8, 4) is 34.6 Å². The van der Waals surface area contributed by atoms with Crippen molar-refractivity contribution in [1.82, 2.24) is 28.9 Å². The van der Waals surface area contributed by atoms with E-state index in [0.29, 0.717) is 23.9 Å². The summed E-state index contributed by atoms with van der Waals surface area (Å²) in [4.78, 5) is 4.63. The number of hydrogen-bond acceptors (Lipinski definition) is 4. The Morgan fingerprint density at radius 3 is 2.65 bits per heavy atom. The van der Waals surface area contributed by atoms with Crippen molar-refractivity contribution >= 4 is 11.6 Å². The van der Waals surface area contributed by atoms with E-state index in [4.69, 9.17) is 16.3 Å². The molecule has 0 saturated heterocycles. The van der Waals surface area contributed by atoms with Crippen molar-refractivity contribution in [1.29, 1.82) is 0 Å². The summed E-state index contributed by atoms with van der Waals surface area (Å²) in [5.41, 5.74) is 5.50. The molecule has 0 bridgehead atoms. The molecule has 0 saturated carbocycles. The Hall–Kier alpha value is -4.12. The van der Waals surface area contributed by atoms with Gasteiger partial charge in [0.25, 0.3) is 0 Å². The van der Waals surface area contributed by atoms with Gasteiger partial charge in [0.2, 0.25) is 0 Å². The second-order valence-electron chi connectivity index (χ2n) is 7.92. The van der Waals surface area contributed by atoms with Crippen molar-refractivity contribution in [2.75, 3.05) is 7.11 Å². The summed E-state index contributed by atoms with van der Waals surface area (Å²) in [6.07, 6.45) is 5.84. The second kappa shape index (κ2) is 8.34. The molecule has 0 aliphatic carbocycles. The number of hydrogen-bond donors (Lipinski definition) is 0. The van der Waals surface area contributed by atoms with Crippen LogP contribution in [0.3, 0.4) is 0 Å². The third kappa shape index (κ3) is 3.50. The normalized spacial score (nSPS) is 11.7. The Balaban J connectivity index is 1.42. The van der Waals surface area contributed by atoms with Gasteiger partial charge in [-0.15, -0.1) is 10.2 Å². The van der Waals surface area contributed by atoms with Crippen LogP contribution >= 0.6 is 11.6 Å². The van der Waals surface area contributed by atoms with Gasteiger partial charge in [0.05, 0.1) is 17.9 Å². The molecule has 2 aromatic carbocycles. The van der Waals surface area contributed by atoms with Crippen LogP contribution < -0.4 is 0 Å². The lowest BCUT2D eigenvalue weighted by Crippen LogP contribution is -2.09. The lowest BCUT2D eigenvalue weighted by Gasteiger charge is -2.08. The van der Waals surface area contributed by atoms with Crippen LogP contribution in [0.1, 0.15) is 22.8 Å². The first-order chi connectivity index (χ1) is 16.7. The molecule has 3 aromatic heterocycles. The molecule has 0 unspecified atom stereocenters. The SMILES string of the molecule is COCc1nnc2n1Cc1c(C#Cc3ccc(-n4cccc4)cc3)ncn1-c1ccc(Cl)cc1-2. The molecule has 0 atom stereocenters. The summed E-state index contributed by atoms with van der Waals surface area (Å²) in [7, 11) is 1.64. The molecule has 4 heterocycles. The van der Waals surface area contributed by atoms with E-state index in [1.54, 1.807) is 13.4 Å². The van der Waals surface area contributed by atoms with Gasteiger partial charge >= 0.3 is 0 Å². The number of nitrogens with zero attached hydrogens (tertiary/aromatic N) is 6. The average molecular weight is 467 g/mol. The van der Waals surface area contributed by atoms with Crippen LogP contribution in [0.5, 0.6) is 0 Å². The summed E-state index contributed by atoms with van der Waals surface area (Å²) >= 11 is 6.33. The quantitative estimate of drug-likeness (QED) is 0.361. The number of aromatic nitrogens is 6. The highest BCUT2D eigenvalue weighted by Crippen LogP contribution is 2.34. The smallest absolute Gasteiger partial charge is 0.166 e. The molecular weight excluding hydrogens is 448 g/mol. The summed E-state index contributed by atoms with van der Waals surface area (Å²) in [6, 6.07) is 17.9. The standard InChI is InChI=1S/C26H19ClN6O/c1-34-16-25-29-30-26-21-14-19(27)7-11-23(21)33-17-28-22(24(33)15-32(25)26)10-6-18-4-8-20(9-5-18)31-12-2-3-13-31/h2-5,7-9,11-14,17H,15-16H2,1H3. The van der Waals surface area contributed by atoms with Crippen LogP contribution in [0.15, 0.2) is 73.3 Å². The van der Waals surface area contributed by atoms with Crippen LogP contribution in [0.2, 0.25) is 5.02 Å². The van der Waals surface area contributed by atoms with E-state index in [0.717, 1.165) is 39.8 Å². The predicted molar refractivity (Wildman–Crippen MR) is 129 cm³/mol. The first-order valence-electron chi connectivity index (χ1n) is 10.7. The maximum atomic E-state index is 6.33. The van der Waals surface area contributed by atoms with Crippen LogP contribution in [0, 0.1) is 11.8 Å². The molecule has 0 spiro atoms. The van der Waals surface area contributed by atoms with Crippen LogP contribution in [0.25, 0.3) is 22.8 Å². The molecule has 166 valence electrons. The molecule has 0 amide bonds. The lowest BCUT2D eigenvalue weighted by atomic mass is 10.1. The third-order valence-electron chi connectivity index (χ3n) is 5.83. The minimum atomic E-state index is 0.353. The molecule has 0 radical (unpaired) electrons. The van der Waals surface area contributed by atoms with E-state index in [-0.39, 0.29) is 0 Å². The van der Waals surface area contributed by atoms with Gasteiger partial charge in [0.1, 0.15) is 18.6 Å². The number of halogens is 1. The number of benzene rings is 2. The van der Waals surface area contributed by atoms with Gasteiger partial charge in [-0.2, -0.15) is 0 Å². The zero-order valence-electron chi connectivity index (χ0n) is 18.3. The number of imidazole rings is 1. The van der Waals surface area contributed by atoms with Gasteiger partial charge in [0.15, 0.2) is 11.6 Å². The third-order valence-corrected chi connectivity index (χ3v) is 6.06. The molecule has 1 aliphatic rings. The Bertz CT molecular complexity index is 1550. The highest BCUT2D eigenvalue weighted by atomic mass is 35.5. The first kappa shape index (κ1) is 20.5. The fraction of sp³-hybridized carbons (Fsp3) is 0.115. The van der Waals surface area contributed by atoms with Crippen molar-refractivity contribution in [3.05, 3.63) is 101 Å². The van der Waals surface area contributed by atoms with Crippen LogP contribution in [0.4, 0.5) is 0 Å². The fourth-order valence-electron chi connectivity index (χ4n) is 4.18. The van der Waals surface area contributed by atoms with Gasteiger partial charge in [-0.25, -0.2) is 4.98 Å². The number of methoxy groups -OCH3 is 1. The van der Waals surface area contributed by atoms with Crippen molar-refractivity contribution < 1.29 is 4.74 Å². The second-order valence-corrected chi connectivity index (χ2v) is 8.35. The van der Waals surface area contributed by atoms with E-state index < -0.39 is 0 Å². The van der Waals surface area contributed by atoms with Gasteiger partial charge in [-0.3, -0.25) is 4.57 Å². The van der Waals surface area contributed by atoms with E-state index >= 15 is 0 Å². The predicted octanol–water partition coefficient (Wildman–Crippen LogP) is 4.48. The monoisotopic (exact) mass is 466 g/mol. The Labute approximate surface area is 201 Å². The van der Waals surface area contributed by atoms with Crippen LogP contribution in [-0.4, -0.2) is 36.0 Å². The largest absolute Gasteiger partial charge is 0.377 e. The molecular formula is C26H19ClN6O. The van der Waals surface area contributed by atoms with Gasteiger partial charge in [0, 0.05) is 41.3 Å². The van der Waals surface area contributed by atoms with Crippen molar-refractivity contribution in [2.24, 2.45) is 0 Å².